The molecule has 0 radical (unpaired) electrons. The van der Waals surface area contributed by atoms with E-state index in [0.717, 1.165) is 0 Å². The van der Waals surface area contributed by atoms with E-state index in [1.54, 1.807) is 36.3 Å². The molecule has 1 atom stereocenters. The van der Waals surface area contributed by atoms with Crippen molar-refractivity contribution < 1.29 is 8.60 Å². The number of aryl methyl sites for hydroxylation is 1. The van der Waals surface area contributed by atoms with E-state index in [0.29, 0.717) is 17.0 Å². The molecule has 2 aromatic rings. The van der Waals surface area contributed by atoms with E-state index in [2.05, 4.69) is 9.38 Å². The van der Waals surface area contributed by atoms with Gasteiger partial charge in [0.1, 0.15) is 28.6 Å². The maximum Gasteiger partial charge on any atom is 0.145 e. The van der Waals surface area contributed by atoms with E-state index >= 15 is 0 Å². The Morgan fingerprint density at radius 2 is 2.13 bits per heavy atom. The first-order chi connectivity index (χ1) is 10.7. The second-order valence-electron chi connectivity index (χ2n) is 6.00. The van der Waals surface area contributed by atoms with Gasteiger partial charge in [0, 0.05) is 12.6 Å². The van der Waals surface area contributed by atoms with Gasteiger partial charge >= 0.3 is 0 Å². The number of rotatable bonds is 3. The summed E-state index contributed by atoms with van der Waals surface area (Å²) in [5, 5.41) is 8.85. The van der Waals surface area contributed by atoms with E-state index in [-0.39, 0.29) is 5.56 Å². The SMILES string of the molecule is Cn1cncc1/C(=N/[S@@](=O)C(C)(C)C)c1ccc(C#N)c(F)c1. The largest absolute Gasteiger partial charge is 0.332 e. The molecular formula is C16H17FN4OS. The maximum atomic E-state index is 13.9. The summed E-state index contributed by atoms with van der Waals surface area (Å²) in [5.41, 5.74) is 1.39. The Morgan fingerprint density at radius 3 is 2.61 bits per heavy atom. The smallest absolute Gasteiger partial charge is 0.145 e. The molecule has 0 aliphatic carbocycles. The fourth-order valence-electron chi connectivity index (χ4n) is 1.81. The third-order valence-electron chi connectivity index (χ3n) is 3.12. The molecule has 0 spiro atoms. The molecule has 23 heavy (non-hydrogen) atoms. The Hall–Kier alpha value is -2.33. The van der Waals surface area contributed by atoms with Gasteiger partial charge in [-0.1, -0.05) is 6.07 Å². The van der Waals surface area contributed by atoms with E-state index in [1.165, 1.54) is 12.1 Å². The molecule has 0 saturated heterocycles. The van der Waals surface area contributed by atoms with E-state index < -0.39 is 21.5 Å². The highest BCUT2D eigenvalue weighted by molar-refractivity contribution is 7.85. The van der Waals surface area contributed by atoms with Crippen molar-refractivity contribution in [1.82, 2.24) is 9.55 Å². The van der Waals surface area contributed by atoms with Crippen LogP contribution in [-0.4, -0.2) is 24.2 Å². The van der Waals surface area contributed by atoms with Crippen LogP contribution < -0.4 is 0 Å². The average molecular weight is 332 g/mol. The average Bonchev–Trinajstić information content (AvgIpc) is 2.89. The van der Waals surface area contributed by atoms with Crippen molar-refractivity contribution in [3.8, 4) is 6.07 Å². The van der Waals surface area contributed by atoms with Crippen molar-refractivity contribution in [1.29, 1.82) is 5.26 Å². The van der Waals surface area contributed by atoms with Crippen LogP contribution in [0.2, 0.25) is 0 Å². The molecule has 0 aliphatic heterocycles. The Morgan fingerprint density at radius 1 is 1.43 bits per heavy atom. The topological polar surface area (TPSA) is 71.0 Å². The summed E-state index contributed by atoms with van der Waals surface area (Å²) >= 11 is 0. The molecule has 0 aliphatic rings. The van der Waals surface area contributed by atoms with Gasteiger partial charge in [-0.05, 0) is 32.9 Å². The van der Waals surface area contributed by atoms with Crippen LogP contribution in [0.15, 0.2) is 35.1 Å². The van der Waals surface area contributed by atoms with Crippen molar-refractivity contribution >= 4 is 16.7 Å². The number of aromatic nitrogens is 2. The van der Waals surface area contributed by atoms with E-state index in [1.807, 2.05) is 20.8 Å². The molecule has 120 valence electrons. The first kappa shape index (κ1) is 17.0. The lowest BCUT2D eigenvalue weighted by Gasteiger charge is -2.15. The zero-order valence-electron chi connectivity index (χ0n) is 13.4. The summed E-state index contributed by atoms with van der Waals surface area (Å²) in [6, 6.07) is 5.98. The van der Waals surface area contributed by atoms with Crippen LogP contribution in [0, 0.1) is 17.1 Å². The molecule has 1 heterocycles. The lowest BCUT2D eigenvalue weighted by molar-refractivity contribution is 0.623. The van der Waals surface area contributed by atoms with Crippen LogP contribution in [0.1, 0.15) is 37.6 Å². The van der Waals surface area contributed by atoms with Crippen molar-refractivity contribution in [2.45, 2.75) is 25.5 Å². The highest BCUT2D eigenvalue weighted by atomic mass is 32.2. The maximum absolute atomic E-state index is 13.9. The quantitative estimate of drug-likeness (QED) is 0.811. The Kier molecular flexibility index (Phi) is 4.76. The number of nitriles is 1. The van der Waals surface area contributed by atoms with Crippen molar-refractivity contribution in [2.75, 3.05) is 0 Å². The summed E-state index contributed by atoms with van der Waals surface area (Å²) < 4.78 is 31.8. The normalized spacial score (nSPS) is 13.7. The molecule has 0 N–H and O–H groups in total. The summed E-state index contributed by atoms with van der Waals surface area (Å²) in [6.45, 7) is 5.44. The van der Waals surface area contributed by atoms with Crippen molar-refractivity contribution in [2.24, 2.45) is 11.4 Å². The fourth-order valence-corrected chi connectivity index (χ4v) is 2.44. The molecule has 1 aromatic carbocycles. The molecule has 7 heteroatoms. The van der Waals surface area contributed by atoms with Crippen molar-refractivity contribution in [3.05, 3.63) is 53.4 Å². The lowest BCUT2D eigenvalue weighted by atomic mass is 10.1. The zero-order chi connectivity index (χ0) is 17.2. The third-order valence-corrected chi connectivity index (χ3v) is 4.52. The molecule has 0 amide bonds. The summed E-state index contributed by atoms with van der Waals surface area (Å²) in [5.74, 6) is -0.638. The van der Waals surface area contributed by atoms with Gasteiger partial charge in [-0.3, -0.25) is 0 Å². The summed E-state index contributed by atoms with van der Waals surface area (Å²) in [4.78, 5) is 4.03. The minimum absolute atomic E-state index is 0.0463. The highest BCUT2D eigenvalue weighted by Gasteiger charge is 2.22. The monoisotopic (exact) mass is 332 g/mol. The first-order valence-electron chi connectivity index (χ1n) is 6.91. The first-order valence-corrected chi connectivity index (χ1v) is 8.02. The Bertz CT molecular complexity index is 827. The number of hydrogen-bond acceptors (Lipinski definition) is 3. The summed E-state index contributed by atoms with van der Waals surface area (Å²) in [6.07, 6.45) is 3.17. The zero-order valence-corrected chi connectivity index (χ0v) is 14.2. The molecule has 1 aromatic heterocycles. The Labute approximate surface area is 137 Å². The number of imidazole rings is 1. The van der Waals surface area contributed by atoms with Gasteiger partial charge in [0.05, 0.1) is 28.5 Å². The van der Waals surface area contributed by atoms with Crippen LogP contribution in [0.25, 0.3) is 0 Å². The van der Waals surface area contributed by atoms with Gasteiger partial charge < -0.3 is 4.57 Å². The van der Waals surface area contributed by atoms with Crippen LogP contribution in [0.4, 0.5) is 4.39 Å². The number of nitrogens with zero attached hydrogens (tertiary/aromatic N) is 4. The molecule has 5 nitrogen and oxygen atoms in total. The molecule has 2 rings (SSSR count). The van der Waals surface area contributed by atoms with Gasteiger partial charge in [-0.2, -0.15) is 9.66 Å². The second kappa shape index (κ2) is 6.42. The van der Waals surface area contributed by atoms with Crippen LogP contribution in [0.5, 0.6) is 0 Å². The van der Waals surface area contributed by atoms with Gasteiger partial charge in [-0.25, -0.2) is 13.6 Å². The third kappa shape index (κ3) is 3.71. The molecule has 0 bridgehead atoms. The van der Waals surface area contributed by atoms with Gasteiger partial charge in [-0.15, -0.1) is 0 Å². The Balaban J connectivity index is 2.62. The van der Waals surface area contributed by atoms with Crippen LogP contribution >= 0.6 is 0 Å². The minimum Gasteiger partial charge on any atom is -0.332 e. The fraction of sp³-hybridized carbons (Fsp3) is 0.312. The number of hydrogen-bond donors (Lipinski definition) is 0. The number of benzene rings is 1. The molecule has 0 saturated carbocycles. The highest BCUT2D eigenvalue weighted by Crippen LogP contribution is 2.19. The molecule has 0 fully saturated rings. The van der Waals surface area contributed by atoms with Crippen LogP contribution in [0.3, 0.4) is 0 Å². The van der Waals surface area contributed by atoms with Crippen LogP contribution in [-0.2, 0) is 18.0 Å². The van der Waals surface area contributed by atoms with Crippen molar-refractivity contribution in [3.63, 3.8) is 0 Å². The minimum atomic E-state index is -1.52. The predicted octanol–water partition coefficient (Wildman–Crippen LogP) is 2.73. The number of halogens is 1. The van der Waals surface area contributed by atoms with Gasteiger partial charge in [0.15, 0.2) is 0 Å². The van der Waals surface area contributed by atoms with Gasteiger partial charge in [0.25, 0.3) is 0 Å². The summed E-state index contributed by atoms with van der Waals surface area (Å²) in [7, 11) is 0.261. The standard InChI is InChI=1S/C16H17FN4OS/c1-16(2,3)23(22)20-15(14-9-19-10-21(14)4)11-5-6-12(8-18)13(17)7-11/h5-7,9-10H,1-4H3/b20-15+/t23-/m0/s1. The second-order valence-corrected chi connectivity index (χ2v) is 7.90. The van der Waals surface area contributed by atoms with Gasteiger partial charge in [0.2, 0.25) is 0 Å². The van der Waals surface area contributed by atoms with E-state index in [9.17, 15) is 8.60 Å². The lowest BCUT2D eigenvalue weighted by Crippen LogP contribution is -2.22. The molecular weight excluding hydrogens is 315 g/mol. The molecule has 0 unspecified atom stereocenters. The van der Waals surface area contributed by atoms with E-state index in [4.69, 9.17) is 5.26 Å². The predicted molar refractivity (Wildman–Crippen MR) is 87.9 cm³/mol.